The van der Waals surface area contributed by atoms with Crippen LogP contribution in [0.1, 0.15) is 25.7 Å². The van der Waals surface area contributed by atoms with Crippen LogP contribution in [0.15, 0.2) is 36.5 Å². The summed E-state index contributed by atoms with van der Waals surface area (Å²) >= 11 is 1.51. The Bertz CT molecular complexity index is 709. The van der Waals surface area contributed by atoms with Crippen molar-refractivity contribution < 1.29 is 4.79 Å². The summed E-state index contributed by atoms with van der Waals surface area (Å²) in [6.07, 6.45) is 6.55. The SMILES string of the molecule is O=C(Nc1ncc(-c2ccccc2)s1)N1CCC2(CCCCN2)C1. The van der Waals surface area contributed by atoms with Gasteiger partial charge in [0.2, 0.25) is 0 Å². The Morgan fingerprint density at radius 3 is 2.92 bits per heavy atom. The van der Waals surface area contributed by atoms with Crippen LogP contribution in [-0.2, 0) is 0 Å². The summed E-state index contributed by atoms with van der Waals surface area (Å²) in [5.41, 5.74) is 1.27. The van der Waals surface area contributed by atoms with Crippen LogP contribution in [0, 0.1) is 0 Å². The van der Waals surface area contributed by atoms with Crippen molar-refractivity contribution >= 4 is 22.5 Å². The third-order valence-electron chi connectivity index (χ3n) is 5.00. The topological polar surface area (TPSA) is 57.3 Å². The number of rotatable bonds is 2. The van der Waals surface area contributed by atoms with Gasteiger partial charge in [0.1, 0.15) is 0 Å². The van der Waals surface area contributed by atoms with Crippen LogP contribution >= 0.6 is 11.3 Å². The molecule has 4 rings (SSSR count). The van der Waals surface area contributed by atoms with E-state index in [-0.39, 0.29) is 11.6 Å². The molecule has 126 valence electrons. The molecular formula is C18H22N4OS. The van der Waals surface area contributed by atoms with Gasteiger partial charge in [0.25, 0.3) is 0 Å². The molecule has 0 radical (unpaired) electrons. The molecule has 1 unspecified atom stereocenters. The molecule has 24 heavy (non-hydrogen) atoms. The summed E-state index contributed by atoms with van der Waals surface area (Å²) < 4.78 is 0. The molecule has 0 saturated carbocycles. The second kappa shape index (κ2) is 6.53. The average molecular weight is 342 g/mol. The minimum Gasteiger partial charge on any atom is -0.323 e. The summed E-state index contributed by atoms with van der Waals surface area (Å²) in [7, 11) is 0. The van der Waals surface area contributed by atoms with Gasteiger partial charge in [0.05, 0.1) is 4.88 Å². The van der Waals surface area contributed by atoms with Crippen molar-refractivity contribution in [3.63, 3.8) is 0 Å². The van der Waals surface area contributed by atoms with E-state index in [1.807, 2.05) is 29.3 Å². The van der Waals surface area contributed by atoms with E-state index >= 15 is 0 Å². The number of nitrogens with one attached hydrogen (secondary N) is 2. The number of nitrogens with zero attached hydrogens (tertiary/aromatic N) is 2. The molecule has 2 N–H and O–H groups in total. The van der Waals surface area contributed by atoms with Crippen molar-refractivity contribution in [2.24, 2.45) is 0 Å². The van der Waals surface area contributed by atoms with Crippen LogP contribution in [0.3, 0.4) is 0 Å². The van der Waals surface area contributed by atoms with Crippen LogP contribution in [0.25, 0.3) is 10.4 Å². The number of hydrogen-bond acceptors (Lipinski definition) is 4. The minimum atomic E-state index is -0.0341. The standard InChI is InChI=1S/C18H22N4OS/c23-17(22-11-9-18(13-22)8-4-5-10-20-18)21-16-19-12-15(24-16)14-6-2-1-3-7-14/h1-3,6-7,12,20H,4-5,8-11,13H2,(H,19,21,23). The zero-order valence-electron chi connectivity index (χ0n) is 13.6. The monoisotopic (exact) mass is 342 g/mol. The van der Waals surface area contributed by atoms with Crippen molar-refractivity contribution in [3.8, 4) is 10.4 Å². The second-order valence-electron chi connectivity index (χ2n) is 6.66. The summed E-state index contributed by atoms with van der Waals surface area (Å²) in [5.74, 6) is 0. The third kappa shape index (κ3) is 3.16. The van der Waals surface area contributed by atoms with Crippen LogP contribution in [0.5, 0.6) is 0 Å². The minimum absolute atomic E-state index is 0.0341. The fourth-order valence-electron chi connectivity index (χ4n) is 3.66. The first kappa shape index (κ1) is 15.6. The lowest BCUT2D eigenvalue weighted by molar-refractivity contribution is 0.210. The van der Waals surface area contributed by atoms with Crippen LogP contribution < -0.4 is 10.6 Å². The lowest BCUT2D eigenvalue weighted by atomic mass is 9.88. The molecule has 1 spiro atoms. The van der Waals surface area contributed by atoms with Crippen LogP contribution in [0.2, 0.25) is 0 Å². The molecule has 5 nitrogen and oxygen atoms in total. The van der Waals surface area contributed by atoms with E-state index in [2.05, 4.69) is 27.8 Å². The van der Waals surface area contributed by atoms with Gasteiger partial charge in [-0.1, -0.05) is 48.1 Å². The molecule has 2 amide bonds. The lowest BCUT2D eigenvalue weighted by Crippen LogP contribution is -2.51. The van der Waals surface area contributed by atoms with Crippen LogP contribution in [0.4, 0.5) is 9.93 Å². The number of thiazole rings is 1. The van der Waals surface area contributed by atoms with Crippen molar-refractivity contribution in [2.45, 2.75) is 31.2 Å². The molecule has 0 bridgehead atoms. The predicted octanol–water partition coefficient (Wildman–Crippen LogP) is 3.56. The zero-order valence-corrected chi connectivity index (χ0v) is 14.4. The number of piperidine rings is 1. The Morgan fingerprint density at radius 1 is 1.25 bits per heavy atom. The van der Waals surface area contributed by atoms with Gasteiger partial charge >= 0.3 is 6.03 Å². The number of likely N-dealkylation sites (tertiary alicyclic amines) is 1. The first-order chi connectivity index (χ1) is 11.7. The van der Waals surface area contributed by atoms with Gasteiger partial charge in [0, 0.05) is 24.8 Å². The summed E-state index contributed by atoms with van der Waals surface area (Å²) in [6, 6.07) is 10.1. The lowest BCUT2D eigenvalue weighted by Gasteiger charge is -2.34. The van der Waals surface area contributed by atoms with E-state index < -0.39 is 0 Å². The second-order valence-corrected chi connectivity index (χ2v) is 7.69. The largest absolute Gasteiger partial charge is 0.323 e. The maximum atomic E-state index is 12.5. The van der Waals surface area contributed by atoms with Crippen molar-refractivity contribution in [2.75, 3.05) is 25.0 Å². The number of carbonyl (C=O) groups is 1. The van der Waals surface area contributed by atoms with Gasteiger partial charge in [-0.15, -0.1) is 0 Å². The number of hydrogen-bond donors (Lipinski definition) is 2. The Labute approximate surface area is 146 Å². The Balaban J connectivity index is 1.39. The number of amides is 2. The highest BCUT2D eigenvalue weighted by Crippen LogP contribution is 2.31. The summed E-state index contributed by atoms with van der Waals surface area (Å²) in [6.45, 7) is 2.69. The molecule has 1 aromatic heterocycles. The van der Waals surface area contributed by atoms with E-state index in [1.165, 1.54) is 30.6 Å². The van der Waals surface area contributed by atoms with Crippen molar-refractivity contribution in [3.05, 3.63) is 36.5 Å². The molecule has 1 atom stereocenters. The van der Waals surface area contributed by atoms with Crippen molar-refractivity contribution in [1.82, 2.24) is 15.2 Å². The van der Waals surface area contributed by atoms with Gasteiger partial charge < -0.3 is 10.2 Å². The van der Waals surface area contributed by atoms with Gasteiger partial charge in [-0.05, 0) is 31.4 Å². The van der Waals surface area contributed by atoms with Gasteiger partial charge in [-0.3, -0.25) is 5.32 Å². The van der Waals surface area contributed by atoms with Crippen molar-refractivity contribution in [1.29, 1.82) is 0 Å². The molecule has 2 fully saturated rings. The number of carbonyl (C=O) groups excluding carboxylic acids is 1. The van der Waals surface area contributed by atoms with Crippen LogP contribution in [-0.4, -0.2) is 41.1 Å². The Hall–Kier alpha value is -1.92. The fraction of sp³-hybridized carbons (Fsp3) is 0.444. The van der Waals surface area contributed by atoms with E-state index in [0.717, 1.165) is 36.5 Å². The van der Waals surface area contributed by atoms with Gasteiger partial charge in [-0.25, -0.2) is 9.78 Å². The maximum Gasteiger partial charge on any atom is 0.323 e. The highest BCUT2D eigenvalue weighted by Gasteiger charge is 2.40. The summed E-state index contributed by atoms with van der Waals surface area (Å²) in [5, 5.41) is 7.26. The molecule has 6 heteroatoms. The number of aromatic nitrogens is 1. The molecule has 2 saturated heterocycles. The van der Waals surface area contributed by atoms with E-state index in [9.17, 15) is 4.79 Å². The average Bonchev–Trinajstić information content (AvgIpc) is 3.24. The molecular weight excluding hydrogens is 320 g/mol. The quantitative estimate of drug-likeness (QED) is 0.877. The zero-order chi connectivity index (χ0) is 16.4. The molecule has 2 aromatic rings. The molecule has 2 aliphatic heterocycles. The first-order valence-corrected chi connectivity index (χ1v) is 9.38. The molecule has 1 aromatic carbocycles. The van der Waals surface area contributed by atoms with Gasteiger partial charge in [0.15, 0.2) is 5.13 Å². The maximum absolute atomic E-state index is 12.5. The third-order valence-corrected chi connectivity index (χ3v) is 5.96. The summed E-state index contributed by atoms with van der Waals surface area (Å²) in [4.78, 5) is 19.9. The highest BCUT2D eigenvalue weighted by molar-refractivity contribution is 7.19. The number of anilines is 1. The molecule has 3 heterocycles. The number of benzene rings is 1. The first-order valence-electron chi connectivity index (χ1n) is 8.56. The Kier molecular flexibility index (Phi) is 4.24. The highest BCUT2D eigenvalue weighted by atomic mass is 32.1. The fourth-order valence-corrected chi connectivity index (χ4v) is 4.47. The van der Waals surface area contributed by atoms with E-state index in [0.29, 0.717) is 5.13 Å². The molecule has 0 aliphatic carbocycles. The smallest absolute Gasteiger partial charge is 0.323 e. The number of urea groups is 1. The van der Waals surface area contributed by atoms with E-state index in [4.69, 9.17) is 0 Å². The normalized spacial score (nSPS) is 23.6. The van der Waals surface area contributed by atoms with Gasteiger partial charge in [-0.2, -0.15) is 0 Å². The Morgan fingerprint density at radius 2 is 2.12 bits per heavy atom. The predicted molar refractivity (Wildman–Crippen MR) is 97.3 cm³/mol. The van der Waals surface area contributed by atoms with E-state index in [1.54, 1.807) is 0 Å². The molecule has 2 aliphatic rings.